The van der Waals surface area contributed by atoms with Crippen molar-refractivity contribution in [2.45, 2.75) is 38.8 Å². The van der Waals surface area contributed by atoms with Gasteiger partial charge >= 0.3 is 0 Å². The molecule has 1 aromatic carbocycles. The SMILES string of the molecule is CC(C)N1CCOc2c(C#N)cc(-c3nc(Nc4ccc(N5CCC(N(C)C)CC5)cn4)ncc3F)cc21. The van der Waals surface area contributed by atoms with Crippen molar-refractivity contribution < 1.29 is 9.13 Å². The van der Waals surface area contributed by atoms with Crippen molar-refractivity contribution in [2.24, 2.45) is 0 Å². The van der Waals surface area contributed by atoms with Crippen molar-refractivity contribution in [3.63, 3.8) is 0 Å². The van der Waals surface area contributed by atoms with Gasteiger partial charge in [-0.05, 0) is 65.0 Å². The highest BCUT2D eigenvalue weighted by atomic mass is 19.1. The lowest BCUT2D eigenvalue weighted by Gasteiger charge is -2.36. The molecule has 9 nitrogen and oxygen atoms in total. The number of halogens is 1. The van der Waals surface area contributed by atoms with E-state index in [0.29, 0.717) is 41.9 Å². The van der Waals surface area contributed by atoms with E-state index in [4.69, 9.17) is 4.74 Å². The van der Waals surface area contributed by atoms with E-state index in [0.717, 1.165) is 43.5 Å². The number of pyridine rings is 1. The highest BCUT2D eigenvalue weighted by Gasteiger charge is 2.26. The van der Waals surface area contributed by atoms with E-state index in [2.05, 4.69) is 69.0 Å². The number of anilines is 4. The first-order chi connectivity index (χ1) is 18.3. The highest BCUT2D eigenvalue weighted by Crippen LogP contribution is 2.40. The molecule has 0 saturated carbocycles. The Bertz CT molecular complexity index is 1330. The minimum Gasteiger partial charge on any atom is -0.488 e. The molecular weight excluding hydrogens is 483 g/mol. The first-order valence-corrected chi connectivity index (χ1v) is 13.0. The van der Waals surface area contributed by atoms with Gasteiger partial charge in [0, 0.05) is 30.7 Å². The van der Waals surface area contributed by atoms with E-state index < -0.39 is 5.82 Å². The van der Waals surface area contributed by atoms with Crippen molar-refractivity contribution in [2.75, 3.05) is 55.5 Å². The molecule has 5 rings (SSSR count). The summed E-state index contributed by atoms with van der Waals surface area (Å²) in [5.41, 5.74) is 2.78. The third kappa shape index (κ3) is 5.20. The Balaban J connectivity index is 1.37. The van der Waals surface area contributed by atoms with Crippen LogP contribution in [0.2, 0.25) is 0 Å². The molecule has 0 unspecified atom stereocenters. The van der Waals surface area contributed by atoms with Crippen LogP contribution in [-0.2, 0) is 0 Å². The topological polar surface area (TPSA) is 93.4 Å². The minimum absolute atomic E-state index is 0.108. The molecule has 0 bridgehead atoms. The van der Waals surface area contributed by atoms with Crippen molar-refractivity contribution in [1.29, 1.82) is 5.26 Å². The van der Waals surface area contributed by atoms with Crippen molar-refractivity contribution in [3.8, 4) is 23.1 Å². The molecule has 4 heterocycles. The van der Waals surface area contributed by atoms with Gasteiger partial charge in [0.25, 0.3) is 0 Å². The zero-order valence-electron chi connectivity index (χ0n) is 22.3. The zero-order valence-corrected chi connectivity index (χ0v) is 22.3. The van der Waals surface area contributed by atoms with Crippen LogP contribution in [0.25, 0.3) is 11.3 Å². The lowest BCUT2D eigenvalue weighted by Crippen LogP contribution is -2.42. The molecule has 0 radical (unpaired) electrons. The van der Waals surface area contributed by atoms with E-state index in [1.807, 2.05) is 24.4 Å². The van der Waals surface area contributed by atoms with Crippen molar-refractivity contribution in [1.82, 2.24) is 19.9 Å². The van der Waals surface area contributed by atoms with Crippen LogP contribution >= 0.6 is 0 Å². The Kier molecular flexibility index (Phi) is 7.29. The van der Waals surface area contributed by atoms with Crippen LogP contribution in [0.1, 0.15) is 32.3 Å². The number of fused-ring (bicyclic) bond motifs is 1. The van der Waals surface area contributed by atoms with Crippen LogP contribution in [0.4, 0.5) is 27.5 Å². The molecule has 1 fully saturated rings. The molecule has 0 spiro atoms. The van der Waals surface area contributed by atoms with Crippen LogP contribution in [-0.4, -0.2) is 72.3 Å². The second kappa shape index (κ2) is 10.8. The van der Waals surface area contributed by atoms with E-state index >= 15 is 0 Å². The third-order valence-corrected chi connectivity index (χ3v) is 7.27. The lowest BCUT2D eigenvalue weighted by molar-refractivity contribution is 0.249. The maximum atomic E-state index is 14.9. The number of aromatic nitrogens is 3. The van der Waals surface area contributed by atoms with Gasteiger partial charge in [0.2, 0.25) is 5.95 Å². The Morgan fingerprint density at radius 2 is 1.92 bits per heavy atom. The smallest absolute Gasteiger partial charge is 0.229 e. The van der Waals surface area contributed by atoms with Gasteiger partial charge in [0.15, 0.2) is 11.6 Å². The van der Waals surface area contributed by atoms with Crippen LogP contribution in [0.15, 0.2) is 36.7 Å². The lowest BCUT2D eigenvalue weighted by atomic mass is 10.0. The number of nitrogens with zero attached hydrogens (tertiary/aromatic N) is 7. The molecule has 0 aliphatic carbocycles. The average Bonchev–Trinajstić information content (AvgIpc) is 2.93. The summed E-state index contributed by atoms with van der Waals surface area (Å²) >= 11 is 0. The molecule has 0 atom stereocenters. The molecule has 2 aliphatic rings. The molecule has 198 valence electrons. The molecule has 1 saturated heterocycles. The second-order valence-corrected chi connectivity index (χ2v) is 10.2. The van der Waals surface area contributed by atoms with Gasteiger partial charge in [-0.15, -0.1) is 0 Å². The molecule has 1 N–H and O–H groups in total. The van der Waals surface area contributed by atoms with Gasteiger partial charge in [-0.3, -0.25) is 0 Å². The summed E-state index contributed by atoms with van der Waals surface area (Å²) in [5.74, 6) is 0.745. The Morgan fingerprint density at radius 1 is 1.13 bits per heavy atom. The van der Waals surface area contributed by atoms with Gasteiger partial charge in [-0.2, -0.15) is 5.26 Å². The van der Waals surface area contributed by atoms with Gasteiger partial charge < -0.3 is 24.8 Å². The number of nitriles is 1. The standard InChI is InChI=1S/C28H33FN8O/c1-18(2)37-11-12-38-27-20(15-30)13-19(14-24(27)37)26-23(29)17-32-28(34-26)33-25-6-5-22(16-31-25)36-9-7-21(8-10-36)35(3)4/h5-6,13-14,16-18,21H,7-12H2,1-4H3,(H,31,32,33,34). The fourth-order valence-corrected chi connectivity index (χ4v) is 5.13. The molecule has 10 heteroatoms. The highest BCUT2D eigenvalue weighted by molar-refractivity contribution is 5.76. The summed E-state index contributed by atoms with van der Waals surface area (Å²) in [6.45, 7) is 7.32. The number of hydrogen-bond donors (Lipinski definition) is 1. The summed E-state index contributed by atoms with van der Waals surface area (Å²) in [6, 6.07) is 10.4. The summed E-state index contributed by atoms with van der Waals surface area (Å²) in [7, 11) is 4.27. The van der Waals surface area contributed by atoms with Crippen LogP contribution in [0, 0.1) is 17.1 Å². The summed E-state index contributed by atoms with van der Waals surface area (Å²) < 4.78 is 20.8. The largest absolute Gasteiger partial charge is 0.488 e. The van der Waals surface area contributed by atoms with E-state index in [1.165, 1.54) is 0 Å². The van der Waals surface area contributed by atoms with E-state index in [1.54, 1.807) is 6.07 Å². The maximum absolute atomic E-state index is 14.9. The van der Waals surface area contributed by atoms with Crippen LogP contribution in [0.5, 0.6) is 5.75 Å². The number of nitrogens with one attached hydrogen (secondary N) is 1. The molecule has 2 aliphatic heterocycles. The predicted octanol–water partition coefficient (Wildman–Crippen LogP) is 4.43. The quantitative estimate of drug-likeness (QED) is 0.511. The minimum atomic E-state index is -0.573. The Hall–Kier alpha value is -3.97. The fraction of sp³-hybridized carbons (Fsp3) is 0.429. The monoisotopic (exact) mass is 516 g/mol. The fourth-order valence-electron chi connectivity index (χ4n) is 5.13. The molecule has 3 aromatic rings. The average molecular weight is 517 g/mol. The van der Waals surface area contributed by atoms with Crippen molar-refractivity contribution in [3.05, 3.63) is 48.0 Å². The van der Waals surface area contributed by atoms with Gasteiger partial charge in [-0.1, -0.05) is 0 Å². The second-order valence-electron chi connectivity index (χ2n) is 10.2. The first kappa shape index (κ1) is 25.7. The van der Waals surface area contributed by atoms with Crippen molar-refractivity contribution >= 4 is 23.1 Å². The number of ether oxygens (including phenoxy) is 1. The zero-order chi connectivity index (χ0) is 26.8. The maximum Gasteiger partial charge on any atom is 0.229 e. The molecule has 38 heavy (non-hydrogen) atoms. The predicted molar refractivity (Wildman–Crippen MR) is 147 cm³/mol. The summed E-state index contributed by atoms with van der Waals surface area (Å²) in [6.07, 6.45) is 5.22. The number of rotatable bonds is 6. The van der Waals surface area contributed by atoms with E-state index in [-0.39, 0.29) is 17.7 Å². The summed E-state index contributed by atoms with van der Waals surface area (Å²) in [5, 5.41) is 12.8. The Labute approximate surface area is 222 Å². The first-order valence-electron chi connectivity index (χ1n) is 13.0. The van der Waals surface area contributed by atoms with Crippen LogP contribution < -0.4 is 19.9 Å². The summed E-state index contributed by atoms with van der Waals surface area (Å²) in [4.78, 5) is 19.9. The number of benzene rings is 1. The molecule has 0 amide bonds. The van der Waals surface area contributed by atoms with Crippen LogP contribution in [0.3, 0.4) is 0 Å². The van der Waals surface area contributed by atoms with E-state index in [9.17, 15) is 9.65 Å². The molecular formula is C28H33FN8O. The number of piperidine rings is 1. The van der Waals surface area contributed by atoms with Gasteiger partial charge in [-0.25, -0.2) is 19.3 Å². The Morgan fingerprint density at radius 3 is 2.58 bits per heavy atom. The normalized spacial score (nSPS) is 15.8. The number of hydrogen-bond acceptors (Lipinski definition) is 9. The van der Waals surface area contributed by atoms with Gasteiger partial charge in [0.05, 0.1) is 35.9 Å². The van der Waals surface area contributed by atoms with Gasteiger partial charge in [0.1, 0.15) is 24.2 Å². The molecule has 2 aromatic heterocycles. The third-order valence-electron chi connectivity index (χ3n) is 7.27.